The molecule has 5 rings (SSSR count). The number of ether oxygens (including phenoxy) is 1. The number of aromatic amines is 1. The van der Waals surface area contributed by atoms with Crippen LogP contribution in [-0.4, -0.2) is 57.1 Å². The highest BCUT2D eigenvalue weighted by Crippen LogP contribution is 2.36. The summed E-state index contributed by atoms with van der Waals surface area (Å²) in [5.74, 6) is 1.25. The summed E-state index contributed by atoms with van der Waals surface area (Å²) in [5, 5.41) is 31.5. The van der Waals surface area contributed by atoms with Crippen molar-refractivity contribution < 1.29 is 9.84 Å². The van der Waals surface area contributed by atoms with E-state index in [0.717, 1.165) is 16.5 Å². The Bertz CT molecular complexity index is 1470. The molecular weight excluding hydrogens is 513 g/mol. The maximum atomic E-state index is 9.85. The first kappa shape index (κ1) is 25.2. The number of hydrogen-bond donors (Lipinski definition) is 3. The molecule has 1 aromatic carbocycles. The van der Waals surface area contributed by atoms with E-state index in [-0.39, 0.29) is 12.1 Å². The molecule has 11 heteroatoms. The van der Waals surface area contributed by atoms with Crippen molar-refractivity contribution in [3.63, 3.8) is 0 Å². The number of halogens is 2. The van der Waals surface area contributed by atoms with Crippen molar-refractivity contribution >= 4 is 39.9 Å². The van der Waals surface area contributed by atoms with Crippen LogP contribution in [0.4, 0.5) is 5.82 Å². The molecule has 1 saturated heterocycles. The van der Waals surface area contributed by atoms with Crippen LogP contribution in [-0.2, 0) is 0 Å². The summed E-state index contributed by atoms with van der Waals surface area (Å²) in [6, 6.07) is 9.70. The minimum Gasteiger partial charge on any atom is -0.486 e. The van der Waals surface area contributed by atoms with Gasteiger partial charge in [-0.3, -0.25) is 10.1 Å². The molecule has 0 saturated carbocycles. The number of H-pyrrole nitrogens is 1. The van der Waals surface area contributed by atoms with E-state index >= 15 is 0 Å². The number of aliphatic hydroxyl groups excluding tert-OH is 1. The number of nitrogens with zero attached hydrogens (tertiary/aromatic N) is 5. The predicted molar refractivity (Wildman–Crippen MR) is 143 cm³/mol. The topological polar surface area (TPSA) is 123 Å². The van der Waals surface area contributed by atoms with Crippen LogP contribution in [0, 0.1) is 11.3 Å². The van der Waals surface area contributed by atoms with Gasteiger partial charge in [-0.05, 0) is 38.1 Å². The van der Waals surface area contributed by atoms with Gasteiger partial charge in [0, 0.05) is 54.7 Å². The molecule has 4 heterocycles. The molecule has 37 heavy (non-hydrogen) atoms. The number of anilines is 1. The standard InChI is InChI=1S/C26H25Cl2N7O2/c1-15(23-20(27)11-30-12-21(23)28)37-18-3-4-22-19(8-18)24(34-33-22)17-7-16(9-29)25(31-10-17)35-13-26(2,14-35)32-5-6-36/h3-4,7-8,10-12,15,32,36H,5-6,13-14H2,1-2H3,(H,33,34)/t15-/m1/s1. The van der Waals surface area contributed by atoms with Crippen molar-refractivity contribution in [2.75, 3.05) is 31.1 Å². The van der Waals surface area contributed by atoms with Crippen LogP contribution in [0.1, 0.15) is 31.1 Å². The fourth-order valence-electron chi connectivity index (χ4n) is 4.70. The number of rotatable bonds is 8. The number of nitriles is 1. The third-order valence-corrected chi connectivity index (χ3v) is 7.05. The second-order valence-electron chi connectivity index (χ2n) is 9.33. The highest BCUT2D eigenvalue weighted by Gasteiger charge is 2.39. The first-order valence-corrected chi connectivity index (χ1v) is 12.5. The van der Waals surface area contributed by atoms with Crippen LogP contribution < -0.4 is 15.0 Å². The number of benzene rings is 1. The molecule has 0 radical (unpaired) electrons. The van der Waals surface area contributed by atoms with E-state index < -0.39 is 6.10 Å². The van der Waals surface area contributed by atoms with Gasteiger partial charge in [-0.1, -0.05) is 23.2 Å². The Hall–Kier alpha value is -3.42. The summed E-state index contributed by atoms with van der Waals surface area (Å²) in [5.41, 5.74) is 3.23. The van der Waals surface area contributed by atoms with Crippen molar-refractivity contribution in [3.05, 3.63) is 64.0 Å². The number of fused-ring (bicyclic) bond motifs is 1. The molecule has 4 aromatic rings. The van der Waals surface area contributed by atoms with E-state index in [4.69, 9.17) is 33.0 Å². The van der Waals surface area contributed by atoms with Gasteiger partial charge in [0.1, 0.15) is 29.4 Å². The Morgan fingerprint density at radius 1 is 1.24 bits per heavy atom. The lowest BCUT2D eigenvalue weighted by Crippen LogP contribution is -2.68. The summed E-state index contributed by atoms with van der Waals surface area (Å²) in [6.07, 6.45) is 4.40. The number of pyridine rings is 2. The number of aliphatic hydroxyl groups is 1. The molecule has 0 aliphatic carbocycles. The molecule has 9 nitrogen and oxygen atoms in total. The Morgan fingerprint density at radius 3 is 2.70 bits per heavy atom. The summed E-state index contributed by atoms with van der Waals surface area (Å²) < 4.78 is 6.16. The molecule has 190 valence electrons. The van der Waals surface area contributed by atoms with Gasteiger partial charge in [0.25, 0.3) is 0 Å². The second kappa shape index (κ2) is 10.1. The first-order valence-electron chi connectivity index (χ1n) is 11.8. The molecule has 3 aromatic heterocycles. The lowest BCUT2D eigenvalue weighted by Gasteiger charge is -2.49. The SMILES string of the molecule is C[C@@H](Oc1ccc2[nH]nc(-c3cnc(N4CC(C)(NCCO)C4)c(C#N)c3)c2c1)c1c(Cl)cncc1Cl. The molecule has 1 atom stereocenters. The van der Waals surface area contributed by atoms with Crippen molar-refractivity contribution in [1.82, 2.24) is 25.5 Å². The fraction of sp³-hybridized carbons (Fsp3) is 0.308. The number of β-amino-alcohol motifs (C(OH)–C–C–N with tert-alkyl or cyclic N) is 1. The van der Waals surface area contributed by atoms with Crippen LogP contribution >= 0.6 is 23.2 Å². The van der Waals surface area contributed by atoms with E-state index in [0.29, 0.717) is 58.1 Å². The van der Waals surface area contributed by atoms with E-state index in [9.17, 15) is 5.26 Å². The number of hydrogen-bond acceptors (Lipinski definition) is 8. The number of aromatic nitrogens is 4. The van der Waals surface area contributed by atoms with Gasteiger partial charge in [-0.15, -0.1) is 0 Å². The van der Waals surface area contributed by atoms with E-state index in [1.807, 2.05) is 25.1 Å². The second-order valence-corrected chi connectivity index (χ2v) is 10.1. The number of nitrogens with one attached hydrogen (secondary N) is 2. The van der Waals surface area contributed by atoms with Gasteiger partial charge in [0.15, 0.2) is 0 Å². The monoisotopic (exact) mass is 537 g/mol. The maximum Gasteiger partial charge on any atom is 0.146 e. The van der Waals surface area contributed by atoms with Gasteiger partial charge in [-0.25, -0.2) is 4.98 Å². The van der Waals surface area contributed by atoms with E-state index in [1.54, 1.807) is 12.3 Å². The van der Waals surface area contributed by atoms with Gasteiger partial charge < -0.3 is 20.1 Å². The van der Waals surface area contributed by atoms with Crippen LogP contribution in [0.5, 0.6) is 5.75 Å². The quantitative estimate of drug-likeness (QED) is 0.300. The highest BCUT2D eigenvalue weighted by atomic mass is 35.5. The van der Waals surface area contributed by atoms with Crippen molar-refractivity contribution in [1.29, 1.82) is 5.26 Å². The molecule has 3 N–H and O–H groups in total. The molecule has 0 unspecified atom stereocenters. The Morgan fingerprint density at radius 2 is 2.00 bits per heavy atom. The van der Waals surface area contributed by atoms with Crippen molar-refractivity contribution in [2.24, 2.45) is 0 Å². The molecule has 1 aliphatic rings. The summed E-state index contributed by atoms with van der Waals surface area (Å²) in [6.45, 7) is 5.97. The Balaban J connectivity index is 1.40. The van der Waals surface area contributed by atoms with Crippen LogP contribution in [0.15, 0.2) is 42.9 Å². The predicted octanol–water partition coefficient (Wildman–Crippen LogP) is 4.50. The van der Waals surface area contributed by atoms with Gasteiger partial charge in [0.2, 0.25) is 0 Å². The smallest absolute Gasteiger partial charge is 0.146 e. The van der Waals surface area contributed by atoms with Gasteiger partial charge in [0.05, 0.1) is 33.3 Å². The van der Waals surface area contributed by atoms with Crippen LogP contribution in [0.25, 0.3) is 22.2 Å². The molecular formula is C26H25Cl2N7O2. The zero-order valence-corrected chi connectivity index (χ0v) is 21.8. The van der Waals surface area contributed by atoms with E-state index in [1.165, 1.54) is 12.4 Å². The molecule has 0 bridgehead atoms. The fourth-order valence-corrected chi connectivity index (χ4v) is 5.37. The maximum absolute atomic E-state index is 9.85. The highest BCUT2D eigenvalue weighted by molar-refractivity contribution is 6.35. The third kappa shape index (κ3) is 4.93. The summed E-state index contributed by atoms with van der Waals surface area (Å²) in [7, 11) is 0. The lowest BCUT2D eigenvalue weighted by atomic mass is 9.91. The zero-order valence-electron chi connectivity index (χ0n) is 20.3. The summed E-state index contributed by atoms with van der Waals surface area (Å²) >= 11 is 12.6. The van der Waals surface area contributed by atoms with Crippen molar-refractivity contribution in [3.8, 4) is 23.1 Å². The average Bonchev–Trinajstić information content (AvgIpc) is 3.28. The molecule has 1 fully saturated rings. The van der Waals surface area contributed by atoms with Gasteiger partial charge >= 0.3 is 0 Å². The van der Waals surface area contributed by atoms with Crippen LogP contribution in [0.3, 0.4) is 0 Å². The zero-order chi connectivity index (χ0) is 26.2. The largest absolute Gasteiger partial charge is 0.486 e. The molecule has 1 aliphatic heterocycles. The minimum atomic E-state index is -0.406. The average molecular weight is 538 g/mol. The van der Waals surface area contributed by atoms with Crippen LogP contribution in [0.2, 0.25) is 10.0 Å². The normalized spacial score (nSPS) is 15.3. The van der Waals surface area contributed by atoms with Crippen molar-refractivity contribution in [2.45, 2.75) is 25.5 Å². The minimum absolute atomic E-state index is 0.0838. The first-order chi connectivity index (χ1) is 17.8. The molecule has 0 spiro atoms. The lowest BCUT2D eigenvalue weighted by molar-refractivity contribution is 0.227. The Labute approximate surface area is 224 Å². The Kier molecular flexibility index (Phi) is 6.92. The summed E-state index contributed by atoms with van der Waals surface area (Å²) in [4.78, 5) is 10.7. The third-order valence-electron chi connectivity index (χ3n) is 6.45. The molecule has 0 amide bonds. The van der Waals surface area contributed by atoms with E-state index in [2.05, 4.69) is 43.4 Å². The van der Waals surface area contributed by atoms with Gasteiger partial charge in [-0.2, -0.15) is 10.4 Å².